The second-order valence-corrected chi connectivity index (χ2v) is 12.0. The molecule has 6 rings (SSSR count). The minimum absolute atomic E-state index is 0.0280. The number of fused-ring (bicyclic) bond motifs is 5. The number of nitrogens with two attached hydrogens (primary N) is 1. The van der Waals surface area contributed by atoms with Gasteiger partial charge in [-0.2, -0.15) is 5.26 Å². The van der Waals surface area contributed by atoms with Crippen molar-refractivity contribution in [1.82, 2.24) is 19.8 Å². The van der Waals surface area contributed by atoms with Crippen LogP contribution in [0.2, 0.25) is 20.1 Å². The number of hydrogen-bond acceptors (Lipinski definition) is 8. The number of ether oxygens (including phenoxy) is 1. The molecule has 1 saturated heterocycles. The Hall–Kier alpha value is -3.59. The second-order valence-electron chi connectivity index (χ2n) is 10.5. The zero-order chi connectivity index (χ0) is 31.6. The number of nitrogen functional groups attached to an aromatic ring is 1. The number of hydrogen-bond donors (Lipinski definition) is 1. The molecule has 0 spiro atoms. The van der Waals surface area contributed by atoms with Crippen molar-refractivity contribution in [2.75, 3.05) is 36.8 Å². The van der Waals surface area contributed by atoms with Gasteiger partial charge in [0.25, 0.3) is 0 Å². The molecule has 0 radical (unpaired) electrons. The monoisotopic (exact) mass is 673 g/mol. The molecule has 1 aromatic carbocycles. The Kier molecular flexibility index (Phi) is 7.89. The molecular weight excluding hydrogens is 651 g/mol. The van der Waals surface area contributed by atoms with E-state index in [-0.39, 0.29) is 37.9 Å². The molecule has 5 heterocycles. The van der Waals surface area contributed by atoms with E-state index in [9.17, 15) is 10.1 Å². The smallest absolute Gasteiger partial charge is 0.246 e. The van der Waals surface area contributed by atoms with Gasteiger partial charge in [0.2, 0.25) is 5.91 Å². The molecule has 0 saturated carbocycles. The van der Waals surface area contributed by atoms with Crippen LogP contribution < -0.4 is 10.6 Å². The number of rotatable bonds is 3. The van der Waals surface area contributed by atoms with E-state index in [1.807, 2.05) is 24.8 Å². The van der Waals surface area contributed by atoms with Crippen molar-refractivity contribution >= 4 is 75.2 Å². The Morgan fingerprint density at radius 2 is 1.91 bits per heavy atom. The number of aryl methyl sites for hydroxylation is 1. The van der Waals surface area contributed by atoms with Gasteiger partial charge in [0, 0.05) is 37.9 Å². The fraction of sp³-hybridized carbons (Fsp3) is 0.267. The maximum atomic E-state index is 15.7. The Balaban J connectivity index is 1.62. The van der Waals surface area contributed by atoms with E-state index in [0.29, 0.717) is 60.2 Å². The summed E-state index contributed by atoms with van der Waals surface area (Å²) in [6.45, 7) is 9.01. The van der Waals surface area contributed by atoms with Crippen molar-refractivity contribution in [3.8, 4) is 17.3 Å². The number of piperazine rings is 1. The Bertz CT molecular complexity index is 1810. The number of pyridine rings is 2. The van der Waals surface area contributed by atoms with E-state index < -0.39 is 23.2 Å². The number of carbonyl (C=O) groups is 1. The lowest BCUT2D eigenvalue weighted by Gasteiger charge is -2.47. The van der Waals surface area contributed by atoms with E-state index >= 15 is 4.39 Å². The lowest BCUT2D eigenvalue weighted by atomic mass is 9.94. The Morgan fingerprint density at radius 3 is 2.57 bits per heavy atom. The largest absolute Gasteiger partial charge is 0.396 e. The van der Waals surface area contributed by atoms with Gasteiger partial charge in [0.15, 0.2) is 12.0 Å². The number of halogens is 5. The molecule has 0 aliphatic carbocycles. The number of amides is 1. The van der Waals surface area contributed by atoms with Gasteiger partial charge in [-0.1, -0.05) is 53.0 Å². The fourth-order valence-electron chi connectivity index (χ4n) is 5.89. The first-order chi connectivity index (χ1) is 21.0. The third-order valence-electron chi connectivity index (χ3n) is 8.03. The molecule has 3 aliphatic heterocycles. The lowest BCUT2D eigenvalue weighted by molar-refractivity contribution is -0.127. The van der Waals surface area contributed by atoms with Crippen LogP contribution in [0.15, 0.2) is 36.6 Å². The highest BCUT2D eigenvalue weighted by molar-refractivity contribution is 6.47. The summed E-state index contributed by atoms with van der Waals surface area (Å²) in [5.74, 6) is -0.777. The van der Waals surface area contributed by atoms with Crippen molar-refractivity contribution < 1.29 is 13.9 Å². The summed E-state index contributed by atoms with van der Waals surface area (Å²) in [7, 11) is 0. The number of aromatic nitrogens is 2. The van der Waals surface area contributed by atoms with E-state index in [4.69, 9.17) is 61.9 Å². The van der Waals surface area contributed by atoms with Gasteiger partial charge < -0.3 is 20.3 Å². The molecule has 1 fully saturated rings. The van der Waals surface area contributed by atoms with Gasteiger partial charge in [-0.3, -0.25) is 14.7 Å². The summed E-state index contributed by atoms with van der Waals surface area (Å²) in [5.41, 5.74) is 9.29. The highest BCUT2D eigenvalue weighted by atomic mass is 35.5. The van der Waals surface area contributed by atoms with Gasteiger partial charge in [-0.25, -0.2) is 9.37 Å². The first kappa shape index (κ1) is 30.4. The van der Waals surface area contributed by atoms with E-state index in [2.05, 4.69) is 17.6 Å². The van der Waals surface area contributed by atoms with E-state index in [0.717, 1.165) is 5.56 Å². The summed E-state index contributed by atoms with van der Waals surface area (Å²) >= 11 is 25.7. The van der Waals surface area contributed by atoms with Gasteiger partial charge in [0.05, 0.1) is 54.1 Å². The second kappa shape index (κ2) is 11.4. The van der Waals surface area contributed by atoms with E-state index in [1.54, 1.807) is 22.1 Å². The molecule has 14 heteroatoms. The summed E-state index contributed by atoms with van der Waals surface area (Å²) in [6, 6.07) is 5.83. The minimum Gasteiger partial charge on any atom is -0.396 e. The van der Waals surface area contributed by atoms with Gasteiger partial charge in [-0.05, 0) is 37.6 Å². The molecule has 2 unspecified atom stereocenters. The molecule has 44 heavy (non-hydrogen) atoms. The topological polar surface area (TPSA) is 112 Å². The van der Waals surface area contributed by atoms with Crippen molar-refractivity contribution in [1.29, 1.82) is 5.26 Å². The quantitative estimate of drug-likeness (QED) is 0.138. The molecule has 3 aromatic rings. The SMILES string of the molecule is C=CC(=O)N1CCN(C2=C(C#N)C3OC(C)c4nccc(C)c4N3c3nc(-c4c(F)c(Cl)c(Cl)c(N)c4Cl)c(Cl)cc32)CC1. The van der Waals surface area contributed by atoms with Crippen LogP contribution in [-0.2, 0) is 9.53 Å². The predicted octanol–water partition coefficient (Wildman–Crippen LogP) is 6.92. The Morgan fingerprint density at radius 1 is 1.20 bits per heavy atom. The van der Waals surface area contributed by atoms with Crippen molar-refractivity contribution in [2.45, 2.75) is 26.2 Å². The van der Waals surface area contributed by atoms with Crippen LogP contribution in [0.5, 0.6) is 0 Å². The molecular formula is C30H24Cl4FN7O2. The number of benzene rings is 1. The van der Waals surface area contributed by atoms with Crippen LogP contribution in [0.4, 0.5) is 21.6 Å². The molecule has 9 nitrogen and oxygen atoms in total. The minimum atomic E-state index is -0.934. The van der Waals surface area contributed by atoms with Crippen LogP contribution in [0, 0.1) is 24.1 Å². The van der Waals surface area contributed by atoms with Gasteiger partial charge in [-0.15, -0.1) is 0 Å². The summed E-state index contributed by atoms with van der Waals surface area (Å²) in [5, 5.41) is 9.80. The third kappa shape index (κ3) is 4.57. The van der Waals surface area contributed by atoms with Crippen LogP contribution in [0.25, 0.3) is 17.0 Å². The first-order valence-corrected chi connectivity index (χ1v) is 15.0. The van der Waals surface area contributed by atoms with Crippen molar-refractivity contribution in [2.24, 2.45) is 0 Å². The first-order valence-electron chi connectivity index (χ1n) is 13.5. The number of anilines is 3. The van der Waals surface area contributed by atoms with Gasteiger partial charge in [0.1, 0.15) is 23.6 Å². The average molecular weight is 675 g/mol. The fourth-order valence-corrected chi connectivity index (χ4v) is 6.83. The van der Waals surface area contributed by atoms with Crippen molar-refractivity contribution in [3.05, 3.63) is 79.3 Å². The highest BCUT2D eigenvalue weighted by Crippen LogP contribution is 2.52. The maximum absolute atomic E-state index is 15.7. The third-order valence-corrected chi connectivity index (χ3v) is 9.55. The molecule has 226 valence electrons. The molecule has 2 atom stereocenters. The summed E-state index contributed by atoms with van der Waals surface area (Å²) in [4.78, 5) is 27.2. The van der Waals surface area contributed by atoms with Crippen LogP contribution in [0.1, 0.15) is 29.8 Å². The normalized spacial score (nSPS) is 19.3. The summed E-state index contributed by atoms with van der Waals surface area (Å²) < 4.78 is 22.2. The molecule has 3 aliphatic rings. The van der Waals surface area contributed by atoms with Crippen LogP contribution in [-0.4, -0.2) is 58.1 Å². The molecule has 2 aromatic heterocycles. The van der Waals surface area contributed by atoms with Crippen LogP contribution >= 0.6 is 46.4 Å². The van der Waals surface area contributed by atoms with E-state index in [1.165, 1.54) is 6.08 Å². The molecule has 2 N–H and O–H groups in total. The standard InChI is InChI=1S/C30H24Cl4FN7O2/c1-4-18(43)40-7-9-41(10-8-40)28-15-11-17(31)26(19-20(32)24(37)22(34)21(33)23(19)35)39-29(15)42-27-13(2)5-6-38-25(27)14(3)44-30(42)16(28)12-36/h4-6,11,14,30H,1,7-10,37H2,2-3H3. The zero-order valence-corrected chi connectivity index (χ0v) is 26.5. The van der Waals surface area contributed by atoms with Crippen LogP contribution in [0.3, 0.4) is 0 Å². The van der Waals surface area contributed by atoms with Gasteiger partial charge >= 0.3 is 0 Å². The number of carbonyl (C=O) groups excluding carboxylic acids is 1. The number of nitrogens with zero attached hydrogens (tertiary/aromatic N) is 6. The Labute approximate surface area is 272 Å². The predicted molar refractivity (Wildman–Crippen MR) is 169 cm³/mol. The average Bonchev–Trinajstić information content (AvgIpc) is 3.02. The summed E-state index contributed by atoms with van der Waals surface area (Å²) in [6.07, 6.45) is 1.60. The molecule has 1 amide bonds. The number of nitriles is 1. The zero-order valence-electron chi connectivity index (χ0n) is 23.5. The molecule has 0 bridgehead atoms. The highest BCUT2D eigenvalue weighted by Gasteiger charge is 2.45. The lowest BCUT2D eigenvalue weighted by Crippen LogP contribution is -2.50. The van der Waals surface area contributed by atoms with Crippen molar-refractivity contribution in [3.63, 3.8) is 0 Å². The maximum Gasteiger partial charge on any atom is 0.246 e.